The van der Waals surface area contributed by atoms with Crippen molar-refractivity contribution in [2.45, 2.75) is 38.8 Å². The van der Waals surface area contributed by atoms with Gasteiger partial charge in [0.2, 0.25) is 6.10 Å². The summed E-state index contributed by atoms with van der Waals surface area (Å²) >= 11 is 0. The van der Waals surface area contributed by atoms with Crippen LogP contribution in [0.1, 0.15) is 31.1 Å². The first-order chi connectivity index (χ1) is 23.2. The van der Waals surface area contributed by atoms with E-state index in [1.165, 1.54) is 21.3 Å². The van der Waals surface area contributed by atoms with Crippen LogP contribution >= 0.6 is 0 Å². The van der Waals surface area contributed by atoms with Crippen molar-refractivity contribution in [3.63, 3.8) is 0 Å². The van der Waals surface area contributed by atoms with Gasteiger partial charge in [0.25, 0.3) is 5.91 Å². The summed E-state index contributed by atoms with van der Waals surface area (Å²) < 4.78 is 59.5. The largest absolute Gasteiger partial charge is 0.493 e. The zero-order valence-electron chi connectivity index (χ0n) is 27.1. The number of carbonyl (C=O) groups excluding carboxylic acids is 2. The first-order valence-corrected chi connectivity index (χ1v) is 14.4. The highest BCUT2D eigenvalue weighted by molar-refractivity contribution is 5.92. The van der Waals surface area contributed by atoms with E-state index in [2.05, 4.69) is 15.6 Å². The molecule has 1 unspecified atom stereocenters. The third-order valence-electron chi connectivity index (χ3n) is 6.52. The van der Waals surface area contributed by atoms with Crippen LogP contribution in [0.15, 0.2) is 66.9 Å². The van der Waals surface area contributed by atoms with Gasteiger partial charge in [0.15, 0.2) is 11.5 Å². The van der Waals surface area contributed by atoms with E-state index in [1.807, 2.05) is 19.9 Å². The van der Waals surface area contributed by atoms with E-state index in [0.29, 0.717) is 45.6 Å². The molecule has 16 heteroatoms. The fourth-order valence-electron chi connectivity index (χ4n) is 4.29. The molecule has 0 radical (unpaired) electrons. The second-order valence-corrected chi connectivity index (χ2v) is 10.3. The van der Waals surface area contributed by atoms with Crippen molar-refractivity contribution in [3.8, 4) is 23.0 Å². The summed E-state index contributed by atoms with van der Waals surface area (Å²) in [7, 11) is 4.33. The van der Waals surface area contributed by atoms with E-state index in [0.717, 1.165) is 10.8 Å². The van der Waals surface area contributed by atoms with Crippen molar-refractivity contribution in [2.75, 3.05) is 32.4 Å². The fourth-order valence-corrected chi connectivity index (χ4v) is 4.29. The molecular formula is C33H35F3N4O9. The van der Waals surface area contributed by atoms with Gasteiger partial charge in [0, 0.05) is 34.9 Å². The number of rotatable bonds is 11. The van der Waals surface area contributed by atoms with E-state index in [4.69, 9.17) is 39.3 Å². The molecule has 4 aromatic rings. The van der Waals surface area contributed by atoms with Crippen molar-refractivity contribution in [2.24, 2.45) is 0 Å². The number of carboxylic acids is 1. The van der Waals surface area contributed by atoms with Gasteiger partial charge in [0.1, 0.15) is 17.3 Å². The molecule has 0 fully saturated rings. The number of methoxy groups -OCH3 is 3. The molecule has 0 aliphatic rings. The van der Waals surface area contributed by atoms with Gasteiger partial charge in [-0.2, -0.15) is 13.2 Å². The molecule has 0 aliphatic heterocycles. The number of nitrogen functional groups attached to an aromatic ring is 1. The summed E-state index contributed by atoms with van der Waals surface area (Å²) in [6, 6.07) is 17.4. The Morgan fingerprint density at radius 1 is 0.898 bits per heavy atom. The number of ether oxygens (including phenoxy) is 5. The van der Waals surface area contributed by atoms with Crippen LogP contribution in [0.3, 0.4) is 0 Å². The third-order valence-corrected chi connectivity index (χ3v) is 6.52. The lowest BCUT2D eigenvalue weighted by atomic mass is 10.1. The highest BCUT2D eigenvalue weighted by atomic mass is 19.4. The van der Waals surface area contributed by atoms with Crippen LogP contribution in [-0.2, 0) is 20.9 Å². The predicted molar refractivity (Wildman–Crippen MR) is 173 cm³/mol. The number of aliphatic carboxylic acids is 1. The molecule has 0 saturated carbocycles. The lowest BCUT2D eigenvalue weighted by Gasteiger charge is -2.22. The van der Waals surface area contributed by atoms with Crippen LogP contribution < -0.4 is 35.3 Å². The van der Waals surface area contributed by atoms with Gasteiger partial charge in [-0.25, -0.2) is 14.6 Å². The Bertz CT molecular complexity index is 1780. The Morgan fingerprint density at radius 2 is 1.57 bits per heavy atom. The molecule has 1 atom stereocenters. The number of pyridine rings is 1. The number of anilines is 2. The number of halogens is 3. The maximum absolute atomic E-state index is 13.8. The van der Waals surface area contributed by atoms with Crippen molar-refractivity contribution in [1.29, 1.82) is 0 Å². The molecule has 4 rings (SSSR count). The Morgan fingerprint density at radius 3 is 2.18 bits per heavy atom. The van der Waals surface area contributed by atoms with Crippen LogP contribution in [0.4, 0.5) is 29.5 Å². The molecule has 13 nitrogen and oxygen atoms in total. The second kappa shape index (κ2) is 16.8. The van der Waals surface area contributed by atoms with E-state index in [9.17, 15) is 22.8 Å². The lowest BCUT2D eigenvalue weighted by Crippen LogP contribution is -2.32. The van der Waals surface area contributed by atoms with Gasteiger partial charge < -0.3 is 39.8 Å². The number of carbonyl (C=O) groups is 3. The van der Waals surface area contributed by atoms with Gasteiger partial charge >= 0.3 is 18.2 Å². The lowest BCUT2D eigenvalue weighted by molar-refractivity contribution is -0.192. The Kier molecular flexibility index (Phi) is 12.8. The Hall–Kier alpha value is -5.93. The van der Waals surface area contributed by atoms with Crippen LogP contribution in [0, 0.1) is 0 Å². The molecule has 49 heavy (non-hydrogen) atoms. The number of nitrogens with zero attached hydrogens (tertiary/aromatic N) is 1. The van der Waals surface area contributed by atoms with Crippen molar-refractivity contribution in [1.82, 2.24) is 10.3 Å². The maximum Gasteiger partial charge on any atom is 0.490 e. The van der Waals surface area contributed by atoms with Crippen molar-refractivity contribution >= 4 is 40.2 Å². The summed E-state index contributed by atoms with van der Waals surface area (Å²) in [6.45, 7) is 3.89. The highest BCUT2D eigenvalue weighted by Crippen LogP contribution is 2.33. The van der Waals surface area contributed by atoms with Gasteiger partial charge in [0.05, 0.1) is 27.4 Å². The van der Waals surface area contributed by atoms with Gasteiger partial charge in [-0.3, -0.25) is 10.1 Å². The topological polar surface area (TPSA) is 181 Å². The molecule has 3 aromatic carbocycles. The molecular weight excluding hydrogens is 653 g/mol. The Labute approximate surface area is 279 Å². The summed E-state index contributed by atoms with van der Waals surface area (Å²) in [4.78, 5) is 38.5. The number of fused-ring (bicyclic) bond motifs is 1. The minimum absolute atomic E-state index is 0.0879. The van der Waals surface area contributed by atoms with Gasteiger partial charge in [-0.05, 0) is 73.8 Å². The number of nitrogens with one attached hydrogen (secondary N) is 2. The SMILES string of the molecule is COC(=O)Nc1ccc(OC(C)C)c(CNC(=O)C(Oc2ccc3c(N)nccc3c2)c2ccc(OC)c(OC)c2)c1.O=C(O)C(F)(F)F. The van der Waals surface area contributed by atoms with Gasteiger partial charge in [-0.15, -0.1) is 0 Å². The standard InChI is InChI=1S/C31H34N4O7.C2HF3O2/c1-18(2)41-25-11-7-22(35-31(37)40-5)14-21(25)17-34-30(36)28(20-6-10-26(38-3)27(16-20)39-4)42-23-8-9-24-19(15-23)12-13-33-29(24)32;3-2(4,5)1(6)7/h6-16,18,28H,17H2,1-5H3,(H2,32,33)(H,34,36)(H,35,37);(H,6,7). The van der Waals surface area contributed by atoms with Crippen LogP contribution in [0.5, 0.6) is 23.0 Å². The monoisotopic (exact) mass is 688 g/mol. The number of nitrogens with two attached hydrogens (primary N) is 1. The second-order valence-electron chi connectivity index (χ2n) is 10.3. The number of alkyl halides is 3. The number of hydrogen-bond donors (Lipinski definition) is 4. The first-order valence-electron chi connectivity index (χ1n) is 14.4. The quantitative estimate of drug-likeness (QED) is 0.148. The Balaban J connectivity index is 0.000000838. The average Bonchev–Trinajstić information content (AvgIpc) is 3.06. The number of aromatic nitrogens is 1. The third kappa shape index (κ3) is 10.5. The molecule has 1 heterocycles. The molecule has 5 N–H and O–H groups in total. The average molecular weight is 689 g/mol. The summed E-state index contributed by atoms with van der Waals surface area (Å²) in [5.41, 5.74) is 7.68. The predicted octanol–water partition coefficient (Wildman–Crippen LogP) is 5.87. The molecule has 0 aliphatic carbocycles. The number of carboxylic acid groups (broad SMARTS) is 1. The number of amides is 2. The molecule has 0 spiro atoms. The first kappa shape index (κ1) is 37.5. The van der Waals surface area contributed by atoms with Crippen LogP contribution in [-0.4, -0.2) is 61.7 Å². The zero-order valence-corrected chi connectivity index (χ0v) is 27.1. The molecule has 0 saturated heterocycles. The van der Waals surface area contributed by atoms with Crippen LogP contribution in [0.25, 0.3) is 10.8 Å². The highest BCUT2D eigenvalue weighted by Gasteiger charge is 2.38. The van der Waals surface area contributed by atoms with E-state index >= 15 is 0 Å². The van der Waals surface area contributed by atoms with E-state index in [-0.39, 0.29) is 12.6 Å². The van der Waals surface area contributed by atoms with E-state index in [1.54, 1.807) is 60.8 Å². The van der Waals surface area contributed by atoms with E-state index < -0.39 is 30.2 Å². The normalized spacial score (nSPS) is 11.4. The van der Waals surface area contributed by atoms with Crippen molar-refractivity contribution in [3.05, 3.63) is 78.0 Å². The molecule has 262 valence electrons. The fraction of sp³-hybridized carbons (Fsp3) is 0.273. The minimum Gasteiger partial charge on any atom is -0.493 e. The maximum atomic E-state index is 13.8. The summed E-state index contributed by atoms with van der Waals surface area (Å²) in [5.74, 6) is -0.800. The van der Waals surface area contributed by atoms with Crippen molar-refractivity contribution < 1.29 is 56.3 Å². The molecule has 0 bridgehead atoms. The zero-order chi connectivity index (χ0) is 36.3. The molecule has 2 amide bonds. The molecule has 1 aromatic heterocycles. The summed E-state index contributed by atoms with van der Waals surface area (Å²) in [6.07, 6.45) is -5.26. The van der Waals surface area contributed by atoms with Gasteiger partial charge in [-0.1, -0.05) is 6.07 Å². The number of benzene rings is 3. The summed E-state index contributed by atoms with van der Waals surface area (Å²) in [5, 5.41) is 14.3. The smallest absolute Gasteiger partial charge is 0.490 e. The number of hydrogen-bond acceptors (Lipinski definition) is 10. The minimum atomic E-state index is -5.08. The van der Waals surface area contributed by atoms with Crippen LogP contribution in [0.2, 0.25) is 0 Å².